The molecule has 0 aliphatic carbocycles. The van der Waals surface area contributed by atoms with Crippen molar-refractivity contribution in [2.75, 3.05) is 4.90 Å². The van der Waals surface area contributed by atoms with Crippen molar-refractivity contribution in [3.05, 3.63) is 18.2 Å². The first-order valence-electron chi connectivity index (χ1n) is 5.20. The van der Waals surface area contributed by atoms with E-state index in [1.807, 2.05) is 0 Å². The Labute approximate surface area is 119 Å². The first-order chi connectivity index (χ1) is 9.04. The number of phenolic OH excluding ortho intramolecular Hbond substituents is 1. The first-order valence-corrected chi connectivity index (χ1v) is 6.00. The van der Waals surface area contributed by atoms with Gasteiger partial charge in [-0.25, -0.2) is 4.90 Å². The normalized spacial score (nSPS) is 17.9. The second-order valence-electron chi connectivity index (χ2n) is 4.15. The van der Waals surface area contributed by atoms with E-state index in [4.69, 9.17) is 0 Å². The monoisotopic (exact) mass is 353 g/mol. The van der Waals surface area contributed by atoms with Gasteiger partial charge in [-0.1, -0.05) is 15.9 Å². The maximum Gasteiger partial charge on any atom is 0.573 e. The molecule has 0 aromatic heterocycles. The molecular formula is C11H7BrF3NO4. The molecule has 20 heavy (non-hydrogen) atoms. The highest BCUT2D eigenvalue weighted by atomic mass is 79.9. The van der Waals surface area contributed by atoms with E-state index in [2.05, 4.69) is 20.7 Å². The zero-order valence-corrected chi connectivity index (χ0v) is 11.4. The van der Waals surface area contributed by atoms with E-state index in [0.29, 0.717) is 11.0 Å². The molecule has 1 aromatic carbocycles. The van der Waals surface area contributed by atoms with Crippen LogP contribution >= 0.6 is 15.9 Å². The number of carbonyl (C=O) groups excluding carboxylic acids is 2. The summed E-state index contributed by atoms with van der Waals surface area (Å²) in [6.07, 6.45) is -4.90. The predicted molar refractivity (Wildman–Crippen MR) is 64.6 cm³/mol. The number of alkyl halides is 4. The van der Waals surface area contributed by atoms with Gasteiger partial charge >= 0.3 is 6.36 Å². The summed E-state index contributed by atoms with van der Waals surface area (Å²) in [7, 11) is 0. The molecule has 1 saturated heterocycles. The number of amides is 2. The SMILES string of the molecule is CC1(Br)C(=O)N(c2ccc(OC(F)(F)F)cc2O)C1=O. The van der Waals surface area contributed by atoms with E-state index in [1.165, 1.54) is 6.92 Å². The molecule has 1 N–H and O–H groups in total. The Morgan fingerprint density at radius 2 is 1.85 bits per heavy atom. The smallest absolute Gasteiger partial charge is 0.506 e. The molecule has 108 valence electrons. The summed E-state index contributed by atoms with van der Waals surface area (Å²) in [5.41, 5.74) is -0.202. The highest BCUT2D eigenvalue weighted by Crippen LogP contribution is 2.42. The van der Waals surface area contributed by atoms with Gasteiger partial charge in [0.05, 0.1) is 5.69 Å². The molecule has 0 saturated carbocycles. The van der Waals surface area contributed by atoms with Gasteiger partial charge in [0.25, 0.3) is 11.8 Å². The quantitative estimate of drug-likeness (QED) is 0.503. The third-order valence-corrected chi connectivity index (χ3v) is 3.31. The molecular weight excluding hydrogens is 347 g/mol. The van der Waals surface area contributed by atoms with Crippen LogP contribution in [-0.2, 0) is 9.59 Å². The van der Waals surface area contributed by atoms with Crippen LogP contribution in [0.5, 0.6) is 11.5 Å². The maximum absolute atomic E-state index is 12.0. The van der Waals surface area contributed by atoms with Crippen LogP contribution in [0.15, 0.2) is 18.2 Å². The highest BCUT2D eigenvalue weighted by Gasteiger charge is 2.57. The van der Waals surface area contributed by atoms with Crippen LogP contribution in [0.25, 0.3) is 0 Å². The third kappa shape index (κ3) is 2.33. The Morgan fingerprint density at radius 3 is 2.30 bits per heavy atom. The molecule has 9 heteroatoms. The van der Waals surface area contributed by atoms with Crippen molar-refractivity contribution in [2.45, 2.75) is 17.6 Å². The van der Waals surface area contributed by atoms with Gasteiger partial charge in [-0.05, 0) is 19.1 Å². The highest BCUT2D eigenvalue weighted by molar-refractivity contribution is 9.10. The number of ether oxygens (including phenoxy) is 1. The van der Waals surface area contributed by atoms with E-state index in [-0.39, 0.29) is 5.69 Å². The summed E-state index contributed by atoms with van der Waals surface area (Å²) in [6.45, 7) is 1.34. The number of nitrogens with zero attached hydrogens (tertiary/aromatic N) is 1. The molecule has 1 aliphatic rings. The first kappa shape index (κ1) is 14.6. The number of β-lactam (4-membered cyclic amide) rings is 2. The van der Waals surface area contributed by atoms with E-state index >= 15 is 0 Å². The predicted octanol–water partition coefficient (Wildman–Crippen LogP) is 2.32. The van der Waals surface area contributed by atoms with Gasteiger partial charge in [0.1, 0.15) is 11.5 Å². The number of hydrogen-bond donors (Lipinski definition) is 1. The Balaban J connectivity index is 2.28. The number of rotatable bonds is 2. The number of phenols is 1. The summed E-state index contributed by atoms with van der Waals surface area (Å²) in [4.78, 5) is 24.1. The third-order valence-electron chi connectivity index (χ3n) is 2.63. The summed E-state index contributed by atoms with van der Waals surface area (Å²) >= 11 is 2.92. The molecule has 1 aliphatic heterocycles. The Morgan fingerprint density at radius 1 is 1.30 bits per heavy atom. The minimum atomic E-state index is -4.90. The lowest BCUT2D eigenvalue weighted by molar-refractivity contribution is -0.274. The fourth-order valence-electron chi connectivity index (χ4n) is 1.66. The van der Waals surface area contributed by atoms with Crippen molar-refractivity contribution < 1.29 is 32.6 Å². The van der Waals surface area contributed by atoms with Crippen molar-refractivity contribution in [1.82, 2.24) is 0 Å². The van der Waals surface area contributed by atoms with Crippen molar-refractivity contribution >= 4 is 33.4 Å². The van der Waals surface area contributed by atoms with E-state index in [0.717, 1.165) is 12.1 Å². The molecule has 0 radical (unpaired) electrons. The number of hydrogen-bond acceptors (Lipinski definition) is 4. The molecule has 2 rings (SSSR count). The van der Waals surface area contributed by atoms with Crippen molar-refractivity contribution in [3.8, 4) is 11.5 Å². The van der Waals surface area contributed by atoms with Gasteiger partial charge in [-0.15, -0.1) is 13.2 Å². The summed E-state index contributed by atoms with van der Waals surface area (Å²) < 4.78 is 38.3. The molecule has 0 unspecified atom stereocenters. The Hall–Kier alpha value is -1.77. The van der Waals surface area contributed by atoms with Gasteiger partial charge in [-0.2, -0.15) is 0 Å². The average Bonchev–Trinajstić information content (AvgIpc) is 2.30. The van der Waals surface area contributed by atoms with Crippen LogP contribution in [0.1, 0.15) is 6.92 Å². The van der Waals surface area contributed by atoms with Gasteiger partial charge in [0, 0.05) is 6.07 Å². The number of carbonyl (C=O) groups is 2. The number of imide groups is 1. The minimum absolute atomic E-state index is 0.202. The number of anilines is 1. The lowest BCUT2D eigenvalue weighted by atomic mass is 9.98. The molecule has 1 heterocycles. The maximum atomic E-state index is 12.0. The molecule has 5 nitrogen and oxygen atoms in total. The van der Waals surface area contributed by atoms with Crippen LogP contribution in [0.2, 0.25) is 0 Å². The summed E-state index contributed by atoms with van der Waals surface area (Å²) in [5, 5.41) is 9.62. The molecule has 1 fully saturated rings. The average molecular weight is 354 g/mol. The van der Waals surface area contributed by atoms with Crippen LogP contribution in [0.4, 0.5) is 18.9 Å². The minimum Gasteiger partial charge on any atom is -0.506 e. The molecule has 1 aromatic rings. The van der Waals surface area contributed by atoms with Gasteiger partial charge < -0.3 is 9.84 Å². The number of aromatic hydroxyl groups is 1. The second-order valence-corrected chi connectivity index (χ2v) is 5.73. The molecule has 0 spiro atoms. The van der Waals surface area contributed by atoms with E-state index < -0.39 is 34.0 Å². The largest absolute Gasteiger partial charge is 0.573 e. The number of halogens is 4. The summed E-state index contributed by atoms with van der Waals surface area (Å²) in [6, 6.07) is 2.56. The van der Waals surface area contributed by atoms with Crippen molar-refractivity contribution in [1.29, 1.82) is 0 Å². The van der Waals surface area contributed by atoms with Crippen LogP contribution in [0.3, 0.4) is 0 Å². The van der Waals surface area contributed by atoms with E-state index in [9.17, 15) is 27.9 Å². The van der Waals surface area contributed by atoms with Crippen molar-refractivity contribution in [3.63, 3.8) is 0 Å². The molecule has 0 atom stereocenters. The second kappa shape index (κ2) is 4.37. The van der Waals surface area contributed by atoms with Crippen molar-refractivity contribution in [2.24, 2.45) is 0 Å². The van der Waals surface area contributed by atoms with Gasteiger partial charge in [0.15, 0.2) is 4.32 Å². The van der Waals surface area contributed by atoms with Gasteiger partial charge in [-0.3, -0.25) is 9.59 Å². The number of benzene rings is 1. The zero-order valence-electron chi connectivity index (χ0n) is 9.86. The van der Waals surface area contributed by atoms with Crippen LogP contribution < -0.4 is 9.64 Å². The zero-order chi connectivity index (χ0) is 15.3. The van der Waals surface area contributed by atoms with E-state index in [1.54, 1.807) is 0 Å². The Bertz CT molecular complexity index is 582. The lowest BCUT2D eigenvalue weighted by Crippen LogP contribution is -2.66. The van der Waals surface area contributed by atoms with Crippen LogP contribution in [0, 0.1) is 0 Å². The molecule has 0 bridgehead atoms. The summed E-state index contributed by atoms with van der Waals surface area (Å²) in [5.74, 6) is -2.57. The fraction of sp³-hybridized carbons (Fsp3) is 0.273. The van der Waals surface area contributed by atoms with Crippen LogP contribution in [-0.4, -0.2) is 27.6 Å². The van der Waals surface area contributed by atoms with Gasteiger partial charge in [0.2, 0.25) is 0 Å². The molecule has 2 amide bonds. The standard InChI is InChI=1S/C11H7BrF3NO4/c1-10(12)8(18)16(9(10)19)6-3-2-5(4-7(6)17)20-11(13,14)15/h2-4,17H,1H3. The topological polar surface area (TPSA) is 66.8 Å². The Kier molecular flexibility index (Phi) is 3.20. The fourth-order valence-corrected chi connectivity index (χ4v) is 2.01. The lowest BCUT2D eigenvalue weighted by Gasteiger charge is -2.40.